The monoisotopic (exact) mass is 429 g/mol. The zero-order chi connectivity index (χ0) is 21.7. The van der Waals surface area contributed by atoms with E-state index in [0.717, 1.165) is 6.42 Å². The van der Waals surface area contributed by atoms with Crippen molar-refractivity contribution in [2.45, 2.75) is 32.8 Å². The van der Waals surface area contributed by atoms with Crippen molar-refractivity contribution >= 4 is 41.5 Å². The van der Waals surface area contributed by atoms with Gasteiger partial charge >= 0.3 is 6.09 Å². The average Bonchev–Trinajstić information content (AvgIpc) is 3.14. The van der Waals surface area contributed by atoms with Gasteiger partial charge in [0, 0.05) is 36.5 Å². The molecular weight excluding hydrogens is 406 g/mol. The lowest BCUT2D eigenvalue weighted by Crippen LogP contribution is -2.29. The van der Waals surface area contributed by atoms with Crippen LogP contribution < -0.4 is 5.32 Å². The number of anilines is 1. The number of nitrogens with one attached hydrogen (secondary N) is 1. The maximum atomic E-state index is 12.9. The van der Waals surface area contributed by atoms with Crippen LogP contribution in [-0.2, 0) is 4.74 Å². The van der Waals surface area contributed by atoms with Crippen LogP contribution in [0.2, 0.25) is 5.02 Å². The largest absolute Gasteiger partial charge is 0.444 e. The van der Waals surface area contributed by atoms with Crippen LogP contribution in [0.4, 0.5) is 16.4 Å². The fourth-order valence-electron chi connectivity index (χ4n) is 2.97. The summed E-state index contributed by atoms with van der Waals surface area (Å²) >= 11 is 5.77. The number of halogens is 1. The lowest BCUT2D eigenvalue weighted by atomic mass is 10.1. The molecule has 0 saturated carbocycles. The van der Waals surface area contributed by atoms with Gasteiger partial charge in [0.15, 0.2) is 0 Å². The lowest BCUT2D eigenvalue weighted by molar-refractivity contribution is 0.0635. The summed E-state index contributed by atoms with van der Waals surface area (Å²) in [6.45, 7) is 6.55. The molecule has 8 nitrogen and oxygen atoms in total. The summed E-state index contributed by atoms with van der Waals surface area (Å²) in [7, 11) is 0. The second-order valence-corrected chi connectivity index (χ2v) is 8.42. The Morgan fingerprint density at radius 2 is 2.03 bits per heavy atom. The number of amides is 2. The van der Waals surface area contributed by atoms with Gasteiger partial charge in [-0.3, -0.25) is 10.1 Å². The Morgan fingerprint density at radius 1 is 1.30 bits per heavy atom. The third-order valence-electron chi connectivity index (χ3n) is 4.27. The molecule has 1 fully saturated rings. The highest BCUT2D eigenvalue weighted by molar-refractivity contribution is 6.30. The third kappa shape index (κ3) is 6.25. The van der Waals surface area contributed by atoms with Gasteiger partial charge in [-0.1, -0.05) is 17.7 Å². The van der Waals surface area contributed by atoms with E-state index >= 15 is 0 Å². The first-order valence-electron chi connectivity index (χ1n) is 9.61. The summed E-state index contributed by atoms with van der Waals surface area (Å²) in [5.41, 5.74) is 0.412. The Morgan fingerprint density at radius 3 is 2.73 bits per heavy atom. The van der Waals surface area contributed by atoms with Crippen molar-refractivity contribution in [2.75, 3.05) is 18.4 Å². The molecule has 1 unspecified atom stereocenters. The van der Waals surface area contributed by atoms with Crippen molar-refractivity contribution < 1.29 is 14.3 Å². The number of hydrogen-bond donors (Lipinski definition) is 1. The molecule has 9 heteroatoms. The van der Waals surface area contributed by atoms with Crippen molar-refractivity contribution in [1.29, 1.82) is 0 Å². The van der Waals surface area contributed by atoms with Crippen LogP contribution in [0.1, 0.15) is 37.6 Å². The maximum absolute atomic E-state index is 12.9. The molecule has 0 aliphatic carbocycles. The molecular formula is C21H24ClN5O3. The number of aromatic nitrogens is 2. The summed E-state index contributed by atoms with van der Waals surface area (Å²) in [6, 6.07) is 6.82. The molecule has 2 aromatic rings. The SMILES string of the molecule is CC(C)(C)OC(=O)Nc1cccc(C(=O)N2CCC(/C=N/c3ncc(Cl)cn3)C2)c1. The first-order valence-corrected chi connectivity index (χ1v) is 9.98. The molecule has 1 aliphatic heterocycles. The van der Waals surface area contributed by atoms with E-state index in [1.165, 1.54) is 12.4 Å². The summed E-state index contributed by atoms with van der Waals surface area (Å²) in [5.74, 6) is 0.364. The van der Waals surface area contributed by atoms with Crippen molar-refractivity contribution in [1.82, 2.24) is 14.9 Å². The number of carbonyl (C=O) groups excluding carboxylic acids is 2. The predicted molar refractivity (Wildman–Crippen MR) is 116 cm³/mol. The molecule has 1 atom stereocenters. The second-order valence-electron chi connectivity index (χ2n) is 7.99. The number of benzene rings is 1. The fourth-order valence-corrected chi connectivity index (χ4v) is 3.07. The fraction of sp³-hybridized carbons (Fsp3) is 0.381. The molecule has 1 saturated heterocycles. The lowest BCUT2D eigenvalue weighted by Gasteiger charge is -2.20. The molecule has 2 amide bonds. The number of carbonyl (C=O) groups is 2. The molecule has 2 heterocycles. The first kappa shape index (κ1) is 21.7. The standard InChI is InChI=1S/C21H24ClN5O3/c1-21(2,3)30-20(29)26-17-6-4-5-15(9-17)18(28)27-8-7-14(13-27)10-23-19-24-11-16(22)12-25-19/h4-6,9-12,14H,7-8,13H2,1-3H3,(H,26,29)/b23-10+. The van der Waals surface area contributed by atoms with Gasteiger partial charge in [0.1, 0.15) is 5.60 Å². The molecule has 0 radical (unpaired) electrons. The summed E-state index contributed by atoms with van der Waals surface area (Å²) < 4.78 is 5.25. The zero-order valence-electron chi connectivity index (χ0n) is 17.1. The molecule has 1 aliphatic rings. The average molecular weight is 430 g/mol. The smallest absolute Gasteiger partial charge is 0.412 e. The molecule has 30 heavy (non-hydrogen) atoms. The Kier molecular flexibility index (Phi) is 6.66. The van der Waals surface area contributed by atoms with Crippen molar-refractivity contribution in [2.24, 2.45) is 10.9 Å². The van der Waals surface area contributed by atoms with Crippen LogP contribution in [0.5, 0.6) is 0 Å². The number of ether oxygens (including phenoxy) is 1. The topological polar surface area (TPSA) is 96.8 Å². The van der Waals surface area contributed by atoms with E-state index in [4.69, 9.17) is 16.3 Å². The Bertz CT molecular complexity index is 940. The van der Waals surface area contributed by atoms with E-state index in [1.54, 1.807) is 56.2 Å². The summed E-state index contributed by atoms with van der Waals surface area (Å²) in [4.78, 5) is 38.9. The Balaban J connectivity index is 1.59. The maximum Gasteiger partial charge on any atom is 0.412 e. The minimum atomic E-state index is -0.597. The van der Waals surface area contributed by atoms with E-state index < -0.39 is 11.7 Å². The minimum absolute atomic E-state index is 0.0959. The number of nitrogens with zero attached hydrogens (tertiary/aromatic N) is 4. The summed E-state index contributed by atoms with van der Waals surface area (Å²) in [5, 5.41) is 3.11. The summed E-state index contributed by atoms with van der Waals surface area (Å²) in [6.07, 6.45) is 5.00. The molecule has 1 aromatic heterocycles. The minimum Gasteiger partial charge on any atom is -0.444 e. The van der Waals surface area contributed by atoms with Crippen molar-refractivity contribution in [3.63, 3.8) is 0 Å². The van der Waals surface area contributed by atoms with E-state index in [1.807, 2.05) is 0 Å². The molecule has 1 aromatic carbocycles. The first-order chi connectivity index (χ1) is 14.2. The van der Waals surface area contributed by atoms with Gasteiger partial charge in [-0.2, -0.15) is 0 Å². The number of likely N-dealkylation sites (tertiary alicyclic amines) is 1. The Hall–Kier alpha value is -3.00. The third-order valence-corrected chi connectivity index (χ3v) is 4.47. The molecule has 1 N–H and O–H groups in total. The van der Waals surface area contributed by atoms with Gasteiger partial charge in [0.25, 0.3) is 5.91 Å². The molecule has 3 rings (SSSR count). The van der Waals surface area contributed by atoms with E-state index in [0.29, 0.717) is 35.3 Å². The van der Waals surface area contributed by atoms with Gasteiger partial charge in [-0.05, 0) is 45.4 Å². The van der Waals surface area contributed by atoms with Crippen LogP contribution in [-0.4, -0.2) is 51.8 Å². The highest BCUT2D eigenvalue weighted by Crippen LogP contribution is 2.20. The van der Waals surface area contributed by atoms with Gasteiger partial charge in [0.05, 0.1) is 17.4 Å². The van der Waals surface area contributed by atoms with E-state index in [-0.39, 0.29) is 11.8 Å². The zero-order valence-corrected chi connectivity index (χ0v) is 17.9. The quantitative estimate of drug-likeness (QED) is 0.729. The predicted octanol–water partition coefficient (Wildman–Crippen LogP) is 4.34. The highest BCUT2D eigenvalue weighted by atomic mass is 35.5. The van der Waals surface area contributed by atoms with Crippen LogP contribution in [0, 0.1) is 5.92 Å². The van der Waals surface area contributed by atoms with Crippen LogP contribution in [0.3, 0.4) is 0 Å². The van der Waals surface area contributed by atoms with Gasteiger partial charge in [-0.15, -0.1) is 0 Å². The van der Waals surface area contributed by atoms with E-state index in [9.17, 15) is 9.59 Å². The number of aliphatic imine (C=N–C) groups is 1. The molecule has 0 bridgehead atoms. The van der Waals surface area contributed by atoms with Gasteiger partial charge < -0.3 is 9.64 Å². The van der Waals surface area contributed by atoms with Gasteiger partial charge in [-0.25, -0.2) is 19.8 Å². The van der Waals surface area contributed by atoms with Crippen LogP contribution in [0.25, 0.3) is 0 Å². The molecule has 0 spiro atoms. The van der Waals surface area contributed by atoms with E-state index in [2.05, 4.69) is 20.3 Å². The molecule has 158 valence electrons. The van der Waals surface area contributed by atoms with Crippen molar-refractivity contribution in [3.05, 3.63) is 47.2 Å². The normalized spacial score (nSPS) is 16.7. The Labute approximate surface area is 180 Å². The van der Waals surface area contributed by atoms with Crippen LogP contribution in [0.15, 0.2) is 41.7 Å². The van der Waals surface area contributed by atoms with Gasteiger partial charge in [0.2, 0.25) is 5.95 Å². The second kappa shape index (κ2) is 9.21. The number of rotatable bonds is 4. The van der Waals surface area contributed by atoms with Crippen molar-refractivity contribution in [3.8, 4) is 0 Å². The highest BCUT2D eigenvalue weighted by Gasteiger charge is 2.26. The van der Waals surface area contributed by atoms with Crippen LogP contribution >= 0.6 is 11.6 Å². The number of hydrogen-bond acceptors (Lipinski definition) is 6.